The zero-order valence-electron chi connectivity index (χ0n) is 14.7. The number of hydrogen-bond acceptors (Lipinski definition) is 3. The fourth-order valence-corrected chi connectivity index (χ4v) is 4.64. The summed E-state index contributed by atoms with van der Waals surface area (Å²) in [5, 5.41) is -0.340. The van der Waals surface area contributed by atoms with Crippen molar-refractivity contribution in [1.82, 2.24) is 0 Å². The largest absolute Gasteiger partial charge is 0.299 e. The van der Waals surface area contributed by atoms with E-state index in [0.717, 1.165) is 25.7 Å². The Morgan fingerprint density at radius 1 is 1.21 bits per heavy atom. The van der Waals surface area contributed by atoms with Gasteiger partial charge in [-0.1, -0.05) is 12.1 Å². The van der Waals surface area contributed by atoms with E-state index in [2.05, 4.69) is 0 Å². The molecule has 1 fully saturated rings. The second kappa shape index (κ2) is 7.77. The number of carbonyl (C=O) groups excluding carboxylic acids is 1. The number of halogens is 1. The van der Waals surface area contributed by atoms with Crippen molar-refractivity contribution >= 4 is 15.6 Å². The van der Waals surface area contributed by atoms with Gasteiger partial charge in [0, 0.05) is 12.3 Å². The van der Waals surface area contributed by atoms with Crippen molar-refractivity contribution in [1.29, 1.82) is 0 Å². The van der Waals surface area contributed by atoms with Crippen LogP contribution in [0.25, 0.3) is 0 Å². The Labute approximate surface area is 144 Å². The maximum Gasteiger partial charge on any atom is 0.152 e. The third-order valence-electron chi connectivity index (χ3n) is 5.10. The first-order valence-corrected chi connectivity index (χ1v) is 10.4. The van der Waals surface area contributed by atoms with Gasteiger partial charge >= 0.3 is 0 Å². The molecule has 1 aliphatic rings. The molecule has 0 unspecified atom stereocenters. The fraction of sp³-hybridized carbons (Fsp3) is 0.632. The quantitative estimate of drug-likeness (QED) is 0.779. The van der Waals surface area contributed by atoms with Gasteiger partial charge in [0.05, 0.1) is 11.0 Å². The molecule has 3 nitrogen and oxygen atoms in total. The van der Waals surface area contributed by atoms with Crippen molar-refractivity contribution in [3.8, 4) is 0 Å². The summed E-state index contributed by atoms with van der Waals surface area (Å²) in [5.41, 5.74) is 1.30. The van der Waals surface area contributed by atoms with E-state index >= 15 is 0 Å². The lowest BCUT2D eigenvalue weighted by atomic mass is 9.79. The summed E-state index contributed by atoms with van der Waals surface area (Å²) >= 11 is 0. The molecule has 1 aromatic carbocycles. The van der Waals surface area contributed by atoms with Crippen LogP contribution in [-0.2, 0) is 21.1 Å². The van der Waals surface area contributed by atoms with E-state index in [0.29, 0.717) is 11.1 Å². The number of ketones is 1. The molecule has 0 atom stereocenters. The predicted molar refractivity (Wildman–Crippen MR) is 94.2 cm³/mol. The Bertz CT molecular complexity index is 687. The van der Waals surface area contributed by atoms with E-state index in [1.54, 1.807) is 32.9 Å². The number of rotatable bonds is 6. The van der Waals surface area contributed by atoms with Gasteiger partial charge in [-0.2, -0.15) is 0 Å². The average molecular weight is 354 g/mol. The molecule has 0 aromatic heterocycles. The number of sulfone groups is 1. The van der Waals surface area contributed by atoms with Crippen LogP contribution in [0.15, 0.2) is 18.2 Å². The average Bonchev–Trinajstić information content (AvgIpc) is 2.51. The standard InChI is InChI=1S/C19H27FO3S/c1-13(2)24(22,23)12-15-6-8-17(9-7-15)19(21)11-16-5-4-14(3)18(20)10-16/h4-5,10,13,15,17H,6-9,11-12H2,1-3H3. The highest BCUT2D eigenvalue weighted by Gasteiger charge is 2.29. The molecule has 0 N–H and O–H groups in total. The molecule has 0 aliphatic heterocycles. The smallest absolute Gasteiger partial charge is 0.152 e. The zero-order chi connectivity index (χ0) is 17.9. The van der Waals surface area contributed by atoms with Gasteiger partial charge in [-0.25, -0.2) is 12.8 Å². The van der Waals surface area contributed by atoms with Crippen molar-refractivity contribution in [2.75, 3.05) is 5.75 Å². The minimum Gasteiger partial charge on any atom is -0.299 e. The van der Waals surface area contributed by atoms with Crippen molar-refractivity contribution in [3.63, 3.8) is 0 Å². The second-order valence-electron chi connectivity index (χ2n) is 7.32. The topological polar surface area (TPSA) is 51.2 Å². The van der Waals surface area contributed by atoms with Gasteiger partial charge in [-0.3, -0.25) is 4.79 Å². The van der Waals surface area contributed by atoms with Crippen molar-refractivity contribution in [3.05, 3.63) is 35.1 Å². The molecule has 0 spiro atoms. The van der Waals surface area contributed by atoms with Gasteiger partial charge < -0.3 is 0 Å². The van der Waals surface area contributed by atoms with Crippen LogP contribution in [-0.4, -0.2) is 25.2 Å². The van der Waals surface area contributed by atoms with E-state index in [9.17, 15) is 17.6 Å². The summed E-state index contributed by atoms with van der Waals surface area (Å²) in [5.74, 6) is 0.242. The van der Waals surface area contributed by atoms with Gasteiger partial charge in [0.15, 0.2) is 9.84 Å². The van der Waals surface area contributed by atoms with Crippen LogP contribution in [0.4, 0.5) is 4.39 Å². The Hall–Kier alpha value is -1.23. The molecule has 1 saturated carbocycles. The Kier molecular flexibility index (Phi) is 6.18. The molecule has 24 heavy (non-hydrogen) atoms. The number of Topliss-reactive ketones (excluding diaryl/α,β-unsaturated/α-hetero) is 1. The van der Waals surface area contributed by atoms with Crippen LogP contribution in [0, 0.1) is 24.6 Å². The summed E-state index contributed by atoms with van der Waals surface area (Å²) in [4.78, 5) is 12.4. The molecule has 1 aliphatic carbocycles. The van der Waals surface area contributed by atoms with Gasteiger partial charge in [0.25, 0.3) is 0 Å². The summed E-state index contributed by atoms with van der Waals surface area (Å²) in [6.07, 6.45) is 3.31. The lowest BCUT2D eigenvalue weighted by Crippen LogP contribution is -2.29. The molecule has 1 aromatic rings. The fourth-order valence-electron chi connectivity index (χ4n) is 3.26. The number of carbonyl (C=O) groups is 1. The normalized spacial score (nSPS) is 21.9. The maximum absolute atomic E-state index is 13.6. The maximum atomic E-state index is 13.6. The molecule has 134 valence electrons. The van der Waals surface area contributed by atoms with E-state index in [1.165, 1.54) is 6.07 Å². The molecule has 0 amide bonds. The van der Waals surface area contributed by atoms with Crippen molar-refractivity contribution in [2.45, 2.75) is 58.1 Å². The van der Waals surface area contributed by atoms with Crippen LogP contribution in [0.1, 0.15) is 50.7 Å². The highest BCUT2D eigenvalue weighted by Crippen LogP contribution is 2.31. The monoisotopic (exact) mass is 354 g/mol. The van der Waals surface area contributed by atoms with Crippen molar-refractivity contribution < 1.29 is 17.6 Å². The molecule has 0 heterocycles. The van der Waals surface area contributed by atoms with Crippen LogP contribution in [0.3, 0.4) is 0 Å². The van der Waals surface area contributed by atoms with E-state index in [1.807, 2.05) is 0 Å². The zero-order valence-corrected chi connectivity index (χ0v) is 15.5. The van der Waals surface area contributed by atoms with E-state index in [-0.39, 0.29) is 40.9 Å². The van der Waals surface area contributed by atoms with Crippen LogP contribution in [0.5, 0.6) is 0 Å². The van der Waals surface area contributed by atoms with E-state index < -0.39 is 9.84 Å². The first-order valence-electron chi connectivity index (χ1n) is 8.68. The van der Waals surface area contributed by atoms with Gasteiger partial charge in [0.2, 0.25) is 0 Å². The summed E-state index contributed by atoms with van der Waals surface area (Å²) in [6.45, 7) is 5.13. The highest BCUT2D eigenvalue weighted by molar-refractivity contribution is 7.91. The van der Waals surface area contributed by atoms with Gasteiger partial charge in [-0.05, 0) is 69.6 Å². The van der Waals surface area contributed by atoms with Crippen LogP contribution < -0.4 is 0 Å². The number of benzene rings is 1. The summed E-state index contributed by atoms with van der Waals surface area (Å²) in [6, 6.07) is 4.94. The van der Waals surface area contributed by atoms with Crippen LogP contribution >= 0.6 is 0 Å². The van der Waals surface area contributed by atoms with E-state index in [4.69, 9.17) is 0 Å². The first-order chi connectivity index (χ1) is 11.2. The molecular formula is C19H27FO3S. The Balaban J connectivity index is 1.87. The van der Waals surface area contributed by atoms with Crippen LogP contribution in [0.2, 0.25) is 0 Å². The third kappa shape index (κ3) is 4.88. The van der Waals surface area contributed by atoms with Gasteiger partial charge in [-0.15, -0.1) is 0 Å². The van der Waals surface area contributed by atoms with Crippen molar-refractivity contribution in [2.24, 2.45) is 11.8 Å². The molecule has 0 radical (unpaired) electrons. The highest BCUT2D eigenvalue weighted by atomic mass is 32.2. The second-order valence-corrected chi connectivity index (χ2v) is 9.92. The molecule has 2 rings (SSSR count). The third-order valence-corrected chi connectivity index (χ3v) is 7.48. The minimum absolute atomic E-state index is 0.0210. The lowest BCUT2D eigenvalue weighted by Gasteiger charge is -2.28. The number of hydrogen-bond donors (Lipinski definition) is 0. The molecule has 0 saturated heterocycles. The lowest BCUT2D eigenvalue weighted by molar-refractivity contribution is -0.123. The first kappa shape index (κ1) is 19.1. The summed E-state index contributed by atoms with van der Waals surface area (Å²) in [7, 11) is -3.02. The summed E-state index contributed by atoms with van der Waals surface area (Å²) < 4.78 is 37.6. The SMILES string of the molecule is Cc1ccc(CC(=O)C2CCC(CS(=O)(=O)C(C)C)CC2)cc1F. The van der Waals surface area contributed by atoms with Gasteiger partial charge in [0.1, 0.15) is 11.6 Å². The molecular weight excluding hydrogens is 327 g/mol. The number of aryl methyl sites for hydroxylation is 1. The Morgan fingerprint density at radius 3 is 2.38 bits per heavy atom. The predicted octanol–water partition coefficient (Wildman–Crippen LogP) is 3.88. The molecule has 5 heteroatoms. The molecule has 0 bridgehead atoms. The minimum atomic E-state index is -3.02. The Morgan fingerprint density at radius 2 is 1.83 bits per heavy atom.